The Kier molecular flexibility index (Phi) is 19.9. The van der Waals surface area contributed by atoms with Gasteiger partial charge in [0.1, 0.15) is 35.8 Å². The molecule has 5 rings (SSSR count). The number of carbonyl (C=O) groups excluding carboxylic acids is 2. The second-order valence-corrected chi connectivity index (χ2v) is 23.9. The van der Waals surface area contributed by atoms with Crippen LogP contribution in [0.4, 0.5) is 0 Å². The largest absolute Gasteiger partial charge is 0.459 e. The minimum atomic E-state index is -3.36. The SMILES string of the molecule is CC[C@H]1OC(=O)[C@H](C)[C@@H](C2C[C@@](C)(OC)[C@@H](O)[C@H](C)O2)[C@H](C)[C@@H](O[C@@H]2O[C@H](C)C[C@H](N(C)CCc3cn([C@H](C)[C@H](OC)c4ccc(S(C)(=O)=O)cc4)nn3)[C@H]2O)[C@](C)(OC)C[C@@H](C)C(=O)[C@H](C)[C@@H](O)[C@]1(C)O. The number of Topliss-reactive ketones (excluding diaryl/α,β-unsaturated/α-hetero) is 1. The fourth-order valence-corrected chi connectivity index (χ4v) is 12.4. The van der Waals surface area contributed by atoms with E-state index in [9.17, 15) is 38.4 Å². The summed E-state index contributed by atoms with van der Waals surface area (Å²) in [6.45, 7) is 19.7. The molecular formula is C52H86N4O15S. The van der Waals surface area contributed by atoms with Crippen molar-refractivity contribution < 1.29 is 71.6 Å². The van der Waals surface area contributed by atoms with Crippen molar-refractivity contribution in [2.45, 2.75) is 203 Å². The fourth-order valence-electron chi connectivity index (χ4n) is 11.8. The molecule has 4 N–H and O–H groups in total. The number of ether oxygens (including phenoxy) is 7. The van der Waals surface area contributed by atoms with Crippen molar-refractivity contribution >= 4 is 21.6 Å². The number of methoxy groups -OCH3 is 3. The summed E-state index contributed by atoms with van der Waals surface area (Å²) < 4.78 is 70.4. The van der Waals surface area contributed by atoms with E-state index in [2.05, 4.69) is 10.3 Å². The Bertz CT molecular complexity index is 2210. The number of sulfone groups is 1. The summed E-state index contributed by atoms with van der Waals surface area (Å²) in [4.78, 5) is 31.2. The van der Waals surface area contributed by atoms with Gasteiger partial charge < -0.3 is 58.5 Å². The van der Waals surface area contributed by atoms with Crippen LogP contribution in [0.15, 0.2) is 35.4 Å². The molecule has 3 fully saturated rings. The molecule has 3 saturated heterocycles. The lowest BCUT2D eigenvalue weighted by atomic mass is 9.67. The number of benzene rings is 1. The first-order valence-corrected chi connectivity index (χ1v) is 27.4. The lowest BCUT2D eigenvalue weighted by Gasteiger charge is -2.52. The minimum Gasteiger partial charge on any atom is -0.459 e. The molecule has 4 heterocycles. The van der Waals surface area contributed by atoms with Crippen LogP contribution in [-0.4, -0.2) is 180 Å². The zero-order valence-electron chi connectivity index (χ0n) is 45.4. The third kappa shape index (κ3) is 12.8. The molecule has 0 bridgehead atoms. The predicted molar refractivity (Wildman–Crippen MR) is 266 cm³/mol. The molecule has 0 spiro atoms. The van der Waals surface area contributed by atoms with Gasteiger partial charge in [-0.25, -0.2) is 13.1 Å². The fraction of sp³-hybridized carbons (Fsp3) is 0.808. The van der Waals surface area contributed by atoms with Crippen LogP contribution in [0.3, 0.4) is 0 Å². The first-order valence-electron chi connectivity index (χ1n) is 25.5. The molecular weight excluding hydrogens is 953 g/mol. The van der Waals surface area contributed by atoms with Crippen LogP contribution in [0.5, 0.6) is 0 Å². The van der Waals surface area contributed by atoms with Crippen molar-refractivity contribution in [2.24, 2.45) is 29.6 Å². The van der Waals surface area contributed by atoms with E-state index in [4.69, 9.17) is 33.2 Å². The maximum absolute atomic E-state index is 14.6. The normalized spacial score (nSPS) is 39.8. The number of esters is 1. The van der Waals surface area contributed by atoms with Crippen molar-refractivity contribution in [2.75, 3.05) is 41.2 Å². The van der Waals surface area contributed by atoms with Gasteiger partial charge in [0.05, 0.1) is 64.3 Å². The molecule has 2 aromatic rings. The molecule has 20 atom stereocenters. The lowest BCUT2D eigenvalue weighted by molar-refractivity contribution is -0.305. The van der Waals surface area contributed by atoms with Gasteiger partial charge in [0.2, 0.25) is 0 Å². The lowest BCUT2D eigenvalue weighted by Crippen LogP contribution is -2.62. The van der Waals surface area contributed by atoms with Crippen LogP contribution in [0.1, 0.15) is 125 Å². The van der Waals surface area contributed by atoms with E-state index in [-0.39, 0.29) is 42.1 Å². The number of rotatable bonds is 15. The molecule has 1 unspecified atom stereocenters. The first-order chi connectivity index (χ1) is 33.5. The highest BCUT2D eigenvalue weighted by molar-refractivity contribution is 7.90. The number of carbonyl (C=O) groups is 2. The number of hydrogen-bond donors (Lipinski definition) is 4. The van der Waals surface area contributed by atoms with Gasteiger partial charge >= 0.3 is 5.97 Å². The number of ketones is 1. The molecule has 1 aromatic carbocycles. The monoisotopic (exact) mass is 1040 g/mol. The number of likely N-dealkylation sites (N-methyl/N-ethyl adjacent to an activating group) is 1. The number of aliphatic hydroxyl groups excluding tert-OH is 3. The summed E-state index contributed by atoms with van der Waals surface area (Å²) in [5.41, 5.74) is -2.88. The van der Waals surface area contributed by atoms with Crippen molar-refractivity contribution in [3.63, 3.8) is 0 Å². The highest BCUT2D eigenvalue weighted by atomic mass is 32.2. The van der Waals surface area contributed by atoms with Crippen LogP contribution in [-0.2, 0) is 59.0 Å². The Morgan fingerprint density at radius 2 is 1.54 bits per heavy atom. The van der Waals surface area contributed by atoms with Gasteiger partial charge in [0, 0.05) is 77.0 Å². The number of nitrogens with zero attached hydrogens (tertiary/aromatic N) is 4. The first kappa shape index (κ1) is 59.9. The Morgan fingerprint density at radius 3 is 2.11 bits per heavy atom. The highest BCUT2D eigenvalue weighted by Gasteiger charge is 2.56. The molecule has 3 aliphatic rings. The summed E-state index contributed by atoms with van der Waals surface area (Å²) in [6, 6.07) is 5.84. The smallest absolute Gasteiger partial charge is 0.309 e. The van der Waals surface area contributed by atoms with Crippen LogP contribution in [0, 0.1) is 29.6 Å². The molecule has 0 saturated carbocycles. The van der Waals surface area contributed by atoms with Crippen molar-refractivity contribution in [1.29, 1.82) is 0 Å². The summed E-state index contributed by atoms with van der Waals surface area (Å²) in [7, 11) is 3.17. The average Bonchev–Trinajstić information content (AvgIpc) is 3.82. The van der Waals surface area contributed by atoms with Crippen molar-refractivity contribution in [3.05, 3.63) is 41.7 Å². The van der Waals surface area contributed by atoms with Crippen LogP contribution in [0.2, 0.25) is 0 Å². The minimum absolute atomic E-state index is 0.0807. The van der Waals surface area contributed by atoms with Gasteiger partial charge in [0.25, 0.3) is 0 Å². The van der Waals surface area contributed by atoms with Gasteiger partial charge in [-0.1, -0.05) is 52.0 Å². The predicted octanol–water partition coefficient (Wildman–Crippen LogP) is 4.27. The van der Waals surface area contributed by atoms with Crippen molar-refractivity contribution in [3.8, 4) is 0 Å². The van der Waals surface area contributed by atoms with Gasteiger partial charge in [-0.15, -0.1) is 5.10 Å². The summed E-state index contributed by atoms with van der Waals surface area (Å²) in [5.74, 6) is -5.16. The summed E-state index contributed by atoms with van der Waals surface area (Å²) in [6.07, 6.45) is -5.10. The molecule has 1 aromatic heterocycles. The average molecular weight is 1040 g/mol. The van der Waals surface area contributed by atoms with Crippen LogP contribution >= 0.6 is 0 Å². The van der Waals surface area contributed by atoms with E-state index >= 15 is 0 Å². The highest BCUT2D eigenvalue weighted by Crippen LogP contribution is 2.46. The summed E-state index contributed by atoms with van der Waals surface area (Å²) >= 11 is 0. The van der Waals surface area contributed by atoms with E-state index in [0.29, 0.717) is 25.1 Å². The molecule has 0 radical (unpaired) electrons. The zero-order chi connectivity index (χ0) is 54.0. The molecule has 0 aliphatic carbocycles. The van der Waals surface area contributed by atoms with E-state index in [1.54, 1.807) is 77.6 Å². The number of aromatic nitrogens is 3. The molecule has 19 nitrogen and oxygen atoms in total. The number of cyclic esters (lactones) is 1. The van der Waals surface area contributed by atoms with E-state index in [1.165, 1.54) is 21.1 Å². The van der Waals surface area contributed by atoms with Gasteiger partial charge in [-0.2, -0.15) is 0 Å². The standard InChI is InChI=1S/C52H86N4O15S/c1-17-40-52(11,62)45(59)32(6)42(57)28(2)25-51(10,67-15)47(30(4)41(31(5)48(61)70-40)39-26-50(9,66-14)46(60)34(8)69-39)71-49-43(58)38(24-29(3)68-49)55(12)23-22-36-27-56(54-53-36)33(7)44(65-13)35-18-20-37(21-19-35)72(16,63)64/h18-21,27-34,38-41,43-47,49,58-60,62H,17,22-26H2,1-16H3/t28-,29-,30+,31-,32+,33-,34+,38+,39?,40-,41+,43-,44+,45-,46+,47-,49+,50-,51-,52-/m1/s1. The van der Waals surface area contributed by atoms with E-state index in [0.717, 1.165) is 11.8 Å². The third-order valence-corrected chi connectivity index (χ3v) is 17.7. The quantitative estimate of drug-likeness (QED) is 0.182. The van der Waals surface area contributed by atoms with E-state index < -0.39 is 123 Å². The summed E-state index contributed by atoms with van der Waals surface area (Å²) in [5, 5.41) is 56.0. The molecule has 410 valence electrons. The maximum Gasteiger partial charge on any atom is 0.309 e. The second-order valence-electron chi connectivity index (χ2n) is 21.9. The van der Waals surface area contributed by atoms with Gasteiger partial charge in [-0.05, 0) is 91.5 Å². The molecule has 72 heavy (non-hydrogen) atoms. The molecule has 0 amide bonds. The Hall–Kier alpha value is -2.99. The van der Waals surface area contributed by atoms with Crippen LogP contribution < -0.4 is 0 Å². The Balaban J connectivity index is 1.47. The number of aliphatic hydroxyl groups is 4. The topological polar surface area (TPSA) is 248 Å². The Morgan fingerprint density at radius 1 is 0.917 bits per heavy atom. The molecule has 3 aliphatic heterocycles. The number of hydrogen-bond acceptors (Lipinski definition) is 18. The zero-order valence-corrected chi connectivity index (χ0v) is 46.2. The van der Waals surface area contributed by atoms with E-state index in [1.807, 2.05) is 45.8 Å². The third-order valence-electron chi connectivity index (χ3n) is 16.5. The Labute approximate surface area is 427 Å². The van der Waals surface area contributed by atoms with Gasteiger partial charge in [-0.3, -0.25) is 9.59 Å². The van der Waals surface area contributed by atoms with Crippen LogP contribution in [0.25, 0.3) is 0 Å². The van der Waals surface area contributed by atoms with Crippen molar-refractivity contribution in [1.82, 2.24) is 19.9 Å². The second kappa shape index (κ2) is 23.9. The van der Waals surface area contributed by atoms with Gasteiger partial charge in [0.15, 0.2) is 16.1 Å². The maximum atomic E-state index is 14.6. The molecule has 20 heteroatoms.